The van der Waals surface area contributed by atoms with Gasteiger partial charge in [0.15, 0.2) is 0 Å². The molecular formula is C12H25NO. The van der Waals surface area contributed by atoms with Crippen molar-refractivity contribution in [1.82, 2.24) is 5.32 Å². The smallest absolute Gasteiger partial charge is 0.225 e. The van der Waals surface area contributed by atoms with Gasteiger partial charge in [-0.1, -0.05) is 41.0 Å². The third-order valence-corrected chi connectivity index (χ3v) is 2.83. The SMILES string of the molecule is CCNC(=O)C(C)(C)CC(C)(C)CC. The lowest BCUT2D eigenvalue weighted by atomic mass is 9.73. The average Bonchev–Trinajstić information content (AvgIpc) is 2.03. The molecule has 0 unspecified atom stereocenters. The molecule has 0 aliphatic carbocycles. The Bertz CT molecular complexity index is 194. The van der Waals surface area contributed by atoms with Gasteiger partial charge in [-0.15, -0.1) is 0 Å². The number of hydrogen-bond donors (Lipinski definition) is 1. The molecule has 0 heterocycles. The van der Waals surface area contributed by atoms with Gasteiger partial charge in [0.1, 0.15) is 0 Å². The van der Waals surface area contributed by atoms with Gasteiger partial charge in [-0.25, -0.2) is 0 Å². The molecule has 0 rings (SSSR count). The first-order valence-electron chi connectivity index (χ1n) is 5.53. The molecule has 0 aromatic carbocycles. The van der Waals surface area contributed by atoms with Crippen molar-refractivity contribution in [1.29, 1.82) is 0 Å². The zero-order valence-electron chi connectivity index (χ0n) is 10.5. The molecule has 0 atom stereocenters. The van der Waals surface area contributed by atoms with Crippen LogP contribution in [0.1, 0.15) is 54.4 Å². The highest BCUT2D eigenvalue weighted by Gasteiger charge is 2.33. The minimum Gasteiger partial charge on any atom is -0.356 e. The molecule has 2 nitrogen and oxygen atoms in total. The van der Waals surface area contributed by atoms with E-state index in [0.29, 0.717) is 0 Å². The molecule has 0 saturated carbocycles. The Morgan fingerprint density at radius 1 is 1.14 bits per heavy atom. The lowest BCUT2D eigenvalue weighted by Gasteiger charge is -2.33. The molecule has 1 N–H and O–H groups in total. The second kappa shape index (κ2) is 4.81. The molecule has 0 radical (unpaired) electrons. The Hall–Kier alpha value is -0.530. The highest BCUT2D eigenvalue weighted by molar-refractivity contribution is 5.81. The van der Waals surface area contributed by atoms with Crippen LogP contribution in [-0.2, 0) is 4.79 Å². The van der Waals surface area contributed by atoms with Crippen LogP contribution in [0, 0.1) is 10.8 Å². The van der Waals surface area contributed by atoms with Crippen molar-refractivity contribution < 1.29 is 4.79 Å². The van der Waals surface area contributed by atoms with Gasteiger partial charge in [0.2, 0.25) is 5.91 Å². The highest BCUT2D eigenvalue weighted by Crippen LogP contribution is 2.35. The summed E-state index contributed by atoms with van der Waals surface area (Å²) in [5.41, 5.74) is -0.00982. The normalized spacial score (nSPS) is 12.7. The largest absolute Gasteiger partial charge is 0.356 e. The van der Waals surface area contributed by atoms with Crippen LogP contribution in [0.25, 0.3) is 0 Å². The Balaban J connectivity index is 4.40. The molecule has 0 aromatic rings. The van der Waals surface area contributed by atoms with Crippen molar-refractivity contribution in [2.24, 2.45) is 10.8 Å². The molecule has 84 valence electrons. The maximum atomic E-state index is 11.7. The van der Waals surface area contributed by atoms with Gasteiger partial charge in [0.25, 0.3) is 0 Å². The first-order valence-corrected chi connectivity index (χ1v) is 5.53. The van der Waals surface area contributed by atoms with Crippen LogP contribution in [0.2, 0.25) is 0 Å². The lowest BCUT2D eigenvalue weighted by molar-refractivity contribution is -0.130. The Morgan fingerprint density at radius 2 is 1.64 bits per heavy atom. The molecule has 0 fully saturated rings. The van der Waals surface area contributed by atoms with Crippen molar-refractivity contribution in [3.8, 4) is 0 Å². The molecule has 14 heavy (non-hydrogen) atoms. The number of carbonyl (C=O) groups excluding carboxylic acids is 1. The summed E-state index contributed by atoms with van der Waals surface area (Å²) in [6, 6.07) is 0. The molecule has 0 aliphatic rings. The van der Waals surface area contributed by atoms with E-state index < -0.39 is 0 Å². The third kappa shape index (κ3) is 4.12. The van der Waals surface area contributed by atoms with E-state index in [2.05, 4.69) is 26.1 Å². The fraction of sp³-hybridized carbons (Fsp3) is 0.917. The Labute approximate surface area is 88.5 Å². The Morgan fingerprint density at radius 3 is 2.00 bits per heavy atom. The predicted molar refractivity (Wildman–Crippen MR) is 61.2 cm³/mol. The standard InChI is InChI=1S/C12H25NO/c1-7-11(3,4)9-12(5,6)10(14)13-8-2/h7-9H2,1-6H3,(H,13,14). The van der Waals surface area contributed by atoms with Gasteiger partial charge in [-0.2, -0.15) is 0 Å². The minimum atomic E-state index is -0.254. The molecule has 2 heteroatoms. The van der Waals surface area contributed by atoms with Gasteiger partial charge in [0.05, 0.1) is 0 Å². The first kappa shape index (κ1) is 13.5. The van der Waals surface area contributed by atoms with Crippen LogP contribution in [0.15, 0.2) is 0 Å². The highest BCUT2D eigenvalue weighted by atomic mass is 16.2. The van der Waals surface area contributed by atoms with Crippen molar-refractivity contribution in [3.63, 3.8) is 0 Å². The van der Waals surface area contributed by atoms with Crippen LogP contribution < -0.4 is 5.32 Å². The monoisotopic (exact) mass is 199 g/mol. The maximum Gasteiger partial charge on any atom is 0.225 e. The average molecular weight is 199 g/mol. The molecule has 0 aromatic heterocycles. The minimum absolute atomic E-state index is 0.168. The third-order valence-electron chi connectivity index (χ3n) is 2.83. The van der Waals surface area contributed by atoms with Crippen LogP contribution in [-0.4, -0.2) is 12.5 Å². The topological polar surface area (TPSA) is 29.1 Å². The van der Waals surface area contributed by atoms with Gasteiger partial charge < -0.3 is 5.32 Å². The van der Waals surface area contributed by atoms with E-state index in [-0.39, 0.29) is 16.7 Å². The van der Waals surface area contributed by atoms with Crippen LogP contribution >= 0.6 is 0 Å². The molecule has 0 saturated heterocycles. The number of carbonyl (C=O) groups is 1. The fourth-order valence-corrected chi connectivity index (χ4v) is 1.80. The number of nitrogens with one attached hydrogen (secondary N) is 1. The maximum absolute atomic E-state index is 11.7. The van der Waals surface area contributed by atoms with E-state index in [1.807, 2.05) is 20.8 Å². The van der Waals surface area contributed by atoms with E-state index in [9.17, 15) is 4.79 Å². The second-order valence-corrected chi connectivity index (χ2v) is 5.44. The summed E-state index contributed by atoms with van der Waals surface area (Å²) in [6.07, 6.45) is 2.04. The first-order chi connectivity index (χ1) is 6.25. The van der Waals surface area contributed by atoms with Crippen molar-refractivity contribution in [2.75, 3.05) is 6.54 Å². The second-order valence-electron chi connectivity index (χ2n) is 5.44. The summed E-state index contributed by atoms with van der Waals surface area (Å²) >= 11 is 0. The van der Waals surface area contributed by atoms with Crippen LogP contribution in [0.3, 0.4) is 0 Å². The van der Waals surface area contributed by atoms with Crippen LogP contribution in [0.4, 0.5) is 0 Å². The van der Waals surface area contributed by atoms with Crippen molar-refractivity contribution in [3.05, 3.63) is 0 Å². The summed E-state index contributed by atoms with van der Waals surface area (Å²) in [5, 5.41) is 2.89. The van der Waals surface area contributed by atoms with E-state index in [0.717, 1.165) is 19.4 Å². The summed E-state index contributed by atoms with van der Waals surface area (Å²) in [4.78, 5) is 11.7. The zero-order valence-corrected chi connectivity index (χ0v) is 10.5. The summed E-state index contributed by atoms with van der Waals surface area (Å²) in [6.45, 7) is 13.3. The molecule has 0 bridgehead atoms. The zero-order chi connectivity index (χ0) is 11.4. The van der Waals surface area contributed by atoms with Gasteiger partial charge in [-0.3, -0.25) is 4.79 Å². The van der Waals surface area contributed by atoms with Gasteiger partial charge in [-0.05, 0) is 18.8 Å². The molecule has 1 amide bonds. The Kier molecular flexibility index (Phi) is 4.63. The van der Waals surface area contributed by atoms with Gasteiger partial charge in [0, 0.05) is 12.0 Å². The van der Waals surface area contributed by atoms with Crippen molar-refractivity contribution >= 4 is 5.91 Å². The van der Waals surface area contributed by atoms with E-state index in [1.165, 1.54) is 0 Å². The number of rotatable bonds is 5. The number of hydrogen-bond acceptors (Lipinski definition) is 1. The summed E-state index contributed by atoms with van der Waals surface area (Å²) in [7, 11) is 0. The predicted octanol–water partition coefficient (Wildman–Crippen LogP) is 2.98. The molecular weight excluding hydrogens is 174 g/mol. The fourth-order valence-electron chi connectivity index (χ4n) is 1.80. The van der Waals surface area contributed by atoms with Gasteiger partial charge >= 0.3 is 0 Å². The van der Waals surface area contributed by atoms with E-state index in [4.69, 9.17) is 0 Å². The van der Waals surface area contributed by atoms with Crippen molar-refractivity contribution in [2.45, 2.75) is 54.4 Å². The number of amides is 1. The van der Waals surface area contributed by atoms with E-state index >= 15 is 0 Å². The summed E-state index contributed by atoms with van der Waals surface area (Å²) < 4.78 is 0. The molecule has 0 aliphatic heterocycles. The van der Waals surface area contributed by atoms with Crippen LogP contribution in [0.5, 0.6) is 0 Å². The summed E-state index contributed by atoms with van der Waals surface area (Å²) in [5.74, 6) is 0.168. The quantitative estimate of drug-likeness (QED) is 0.724. The molecule has 0 spiro atoms. The lowest BCUT2D eigenvalue weighted by Crippen LogP contribution is -2.39. The van der Waals surface area contributed by atoms with E-state index in [1.54, 1.807) is 0 Å².